The highest BCUT2D eigenvalue weighted by Crippen LogP contribution is 3.02. The van der Waals surface area contributed by atoms with Crippen molar-refractivity contribution in [3.8, 4) is 0 Å². The predicted octanol–water partition coefficient (Wildman–Crippen LogP) is 4.06. The Morgan fingerprint density at radius 1 is 1.13 bits per heavy atom. The molecule has 0 fully saturated rings. The summed E-state index contributed by atoms with van der Waals surface area (Å²) in [4.78, 5) is -1.84. The normalized spacial score (nSPS) is 16.9. The third-order valence-corrected chi connectivity index (χ3v) is 2.87. The first-order valence-electron chi connectivity index (χ1n) is 4.00. The van der Waals surface area contributed by atoms with Crippen molar-refractivity contribution < 1.29 is 19.4 Å². The van der Waals surface area contributed by atoms with Crippen LogP contribution in [0, 0.1) is 0 Å². The fourth-order valence-corrected chi connectivity index (χ4v) is 1.81. The molecule has 0 aromatic heterocycles. The molecular weight excluding hydrogens is 237 g/mol. The zero-order valence-corrected chi connectivity index (χ0v) is 8.63. The van der Waals surface area contributed by atoms with Crippen molar-refractivity contribution in [1.29, 1.82) is 0 Å². The molecule has 1 nitrogen and oxygen atoms in total. The van der Waals surface area contributed by atoms with Gasteiger partial charge in [0.15, 0.2) is 0 Å². The summed E-state index contributed by atoms with van der Waals surface area (Å²) in [5.41, 5.74) is 0.170. The molecule has 1 N–H and O–H groups in total. The van der Waals surface area contributed by atoms with Crippen molar-refractivity contribution in [3.05, 3.63) is 29.8 Å². The first-order chi connectivity index (χ1) is 6.53. The Hall–Kier alpha value is -0.820. The Kier molecular flexibility index (Phi) is 2.33. The minimum absolute atomic E-state index is 0.113. The first kappa shape index (κ1) is 12.3. The van der Waals surface area contributed by atoms with Crippen LogP contribution in [0.15, 0.2) is 29.2 Å². The van der Waals surface area contributed by atoms with E-state index in [1.807, 2.05) is 0 Å². The van der Waals surface area contributed by atoms with Gasteiger partial charge in [0.05, 0.1) is 0 Å². The topological polar surface area (TPSA) is 12.0 Å². The molecular formula is C8H10F5NS. The third kappa shape index (κ3) is 3.35. The van der Waals surface area contributed by atoms with Gasteiger partial charge in [-0.25, -0.2) is 0 Å². The van der Waals surface area contributed by atoms with Crippen LogP contribution < -0.4 is 5.32 Å². The number of nitrogens with one attached hydrogen (secondary N) is 1. The summed E-state index contributed by atoms with van der Waals surface area (Å²) < 4.78 is 61.7. The maximum atomic E-state index is 12.3. The second-order valence-corrected chi connectivity index (χ2v) is 5.56. The van der Waals surface area contributed by atoms with Crippen LogP contribution in [0.1, 0.15) is 5.56 Å². The zero-order chi connectivity index (χ0) is 11.8. The van der Waals surface area contributed by atoms with Crippen LogP contribution >= 0.6 is 10.2 Å². The summed E-state index contributed by atoms with van der Waals surface area (Å²) >= 11 is 0. The highest BCUT2D eigenvalue weighted by Gasteiger charge is 2.65. The molecule has 0 radical (unpaired) electrons. The van der Waals surface area contributed by atoms with Crippen molar-refractivity contribution in [2.24, 2.45) is 0 Å². The highest BCUT2D eigenvalue weighted by molar-refractivity contribution is 8.45. The Balaban J connectivity index is 3.24. The molecule has 1 rings (SSSR count). The van der Waals surface area contributed by atoms with Gasteiger partial charge in [0, 0.05) is 6.54 Å². The molecule has 0 aliphatic carbocycles. The van der Waals surface area contributed by atoms with Gasteiger partial charge in [-0.15, -0.1) is 0 Å². The van der Waals surface area contributed by atoms with Gasteiger partial charge in [-0.1, -0.05) is 31.6 Å². The minimum Gasteiger partial charge on any atom is -0.316 e. The molecule has 1 aromatic rings. The number of benzene rings is 1. The van der Waals surface area contributed by atoms with Crippen LogP contribution in [0.25, 0.3) is 0 Å². The van der Waals surface area contributed by atoms with Crippen LogP contribution in [-0.4, -0.2) is 7.05 Å². The van der Waals surface area contributed by atoms with Crippen molar-refractivity contribution in [2.75, 3.05) is 7.05 Å². The summed E-state index contributed by atoms with van der Waals surface area (Å²) in [5, 5.41) is 2.59. The summed E-state index contributed by atoms with van der Waals surface area (Å²) in [5.74, 6) is 0. The second kappa shape index (κ2) is 2.85. The lowest BCUT2D eigenvalue weighted by molar-refractivity contribution is 0.364. The summed E-state index contributed by atoms with van der Waals surface area (Å²) in [7, 11) is -8.00. The van der Waals surface area contributed by atoms with Gasteiger partial charge in [0.1, 0.15) is 4.90 Å². The average Bonchev–Trinajstić information content (AvgIpc) is 2.01. The standard InChI is InChI=1S/C8H10F5NS/c1-14-6-7-3-2-4-8(5-7)15(9,10,11,12)13/h2-5,14H,6H2,1H3. The largest absolute Gasteiger partial charge is 0.316 e. The molecule has 0 unspecified atom stereocenters. The molecule has 0 saturated carbocycles. The molecule has 0 spiro atoms. The van der Waals surface area contributed by atoms with Crippen molar-refractivity contribution in [3.63, 3.8) is 0 Å². The molecule has 0 atom stereocenters. The molecule has 0 aliphatic rings. The Morgan fingerprint density at radius 2 is 1.73 bits per heavy atom. The quantitative estimate of drug-likeness (QED) is 0.794. The fraction of sp³-hybridized carbons (Fsp3) is 0.250. The van der Waals surface area contributed by atoms with Crippen LogP contribution in [0.4, 0.5) is 19.4 Å². The van der Waals surface area contributed by atoms with Crippen molar-refractivity contribution in [1.82, 2.24) is 5.32 Å². The second-order valence-electron chi connectivity index (χ2n) is 3.15. The van der Waals surface area contributed by atoms with E-state index in [-0.39, 0.29) is 12.1 Å². The molecule has 88 valence electrons. The Morgan fingerprint density at radius 3 is 2.20 bits per heavy atom. The smallest absolute Gasteiger partial charge is 0.310 e. The molecule has 0 saturated heterocycles. The maximum absolute atomic E-state index is 12.3. The van der Waals surface area contributed by atoms with Crippen molar-refractivity contribution in [2.45, 2.75) is 11.4 Å². The van der Waals surface area contributed by atoms with Gasteiger partial charge in [-0.3, -0.25) is 0 Å². The monoisotopic (exact) mass is 247 g/mol. The van der Waals surface area contributed by atoms with Gasteiger partial charge in [-0.2, -0.15) is 0 Å². The first-order valence-corrected chi connectivity index (χ1v) is 5.96. The summed E-state index contributed by atoms with van der Waals surface area (Å²) in [6.07, 6.45) is 0. The molecule has 7 heteroatoms. The van der Waals surface area contributed by atoms with Crippen LogP contribution in [0.5, 0.6) is 0 Å². The highest BCUT2D eigenvalue weighted by atomic mass is 32.5. The molecule has 0 aliphatic heterocycles. The lowest BCUT2D eigenvalue weighted by atomic mass is 10.2. The lowest BCUT2D eigenvalue weighted by Gasteiger charge is -2.40. The average molecular weight is 247 g/mol. The van der Waals surface area contributed by atoms with E-state index in [1.54, 1.807) is 0 Å². The van der Waals surface area contributed by atoms with Gasteiger partial charge < -0.3 is 5.32 Å². The van der Waals surface area contributed by atoms with E-state index in [0.717, 1.165) is 6.07 Å². The van der Waals surface area contributed by atoms with Crippen molar-refractivity contribution >= 4 is 10.2 Å². The number of hydrogen-bond donors (Lipinski definition) is 1. The van der Waals surface area contributed by atoms with E-state index in [0.29, 0.717) is 12.1 Å². The Labute approximate surface area is 84.0 Å². The molecule has 0 heterocycles. The van der Waals surface area contributed by atoms with E-state index in [4.69, 9.17) is 0 Å². The third-order valence-electron chi connectivity index (χ3n) is 1.72. The molecule has 0 bridgehead atoms. The van der Waals surface area contributed by atoms with E-state index < -0.39 is 15.1 Å². The lowest BCUT2D eigenvalue weighted by Crippen LogP contribution is -2.09. The van der Waals surface area contributed by atoms with Gasteiger partial charge in [0.2, 0.25) is 0 Å². The number of rotatable bonds is 3. The van der Waals surface area contributed by atoms with E-state index >= 15 is 0 Å². The van der Waals surface area contributed by atoms with Crippen LogP contribution in [0.2, 0.25) is 0 Å². The number of hydrogen-bond acceptors (Lipinski definition) is 1. The molecule has 0 amide bonds. The fourth-order valence-electron chi connectivity index (χ4n) is 1.10. The minimum atomic E-state index is -9.52. The van der Waals surface area contributed by atoms with E-state index in [9.17, 15) is 19.4 Å². The van der Waals surface area contributed by atoms with E-state index in [1.165, 1.54) is 13.1 Å². The summed E-state index contributed by atoms with van der Waals surface area (Å²) in [6, 6.07) is 3.18. The summed E-state index contributed by atoms with van der Waals surface area (Å²) in [6.45, 7) is 0.113. The maximum Gasteiger partial charge on any atom is 0.310 e. The predicted molar refractivity (Wildman–Crippen MR) is 50.6 cm³/mol. The van der Waals surface area contributed by atoms with Gasteiger partial charge >= 0.3 is 10.2 Å². The van der Waals surface area contributed by atoms with E-state index in [2.05, 4.69) is 5.32 Å². The zero-order valence-electron chi connectivity index (χ0n) is 7.81. The number of halogens is 5. The van der Waals surface area contributed by atoms with Gasteiger partial charge in [-0.05, 0) is 24.7 Å². The SMILES string of the molecule is CNCc1cccc(S(F)(F)(F)(F)F)c1. The van der Waals surface area contributed by atoms with Crippen LogP contribution in [0.3, 0.4) is 0 Å². The molecule has 1 aromatic carbocycles. The van der Waals surface area contributed by atoms with Gasteiger partial charge in [0.25, 0.3) is 0 Å². The van der Waals surface area contributed by atoms with Crippen LogP contribution in [-0.2, 0) is 6.54 Å². The molecule has 15 heavy (non-hydrogen) atoms. The Bertz CT molecular complexity index is 371.